The number of nitrogens with zero attached hydrogens (tertiary/aromatic N) is 1. The van der Waals surface area contributed by atoms with Crippen LogP contribution in [0.4, 0.5) is 4.79 Å². The molecule has 1 aromatic rings. The molecule has 0 aromatic carbocycles. The van der Waals surface area contributed by atoms with Gasteiger partial charge in [-0.15, -0.1) is 0 Å². The second-order valence-electron chi connectivity index (χ2n) is 5.70. The lowest BCUT2D eigenvalue weighted by molar-refractivity contribution is 0.0933. The normalized spacial score (nSPS) is 17.0. The molecule has 0 radical (unpaired) electrons. The fourth-order valence-corrected chi connectivity index (χ4v) is 2.55. The van der Waals surface area contributed by atoms with Crippen molar-refractivity contribution in [1.82, 2.24) is 15.5 Å². The molecule has 1 aromatic heterocycles. The molecule has 0 unspecified atom stereocenters. The van der Waals surface area contributed by atoms with Gasteiger partial charge < -0.3 is 24.7 Å². The van der Waals surface area contributed by atoms with Gasteiger partial charge in [0.05, 0.1) is 12.6 Å². The SMILES string of the molecule is CNC(=O)c1ccc(CNC(=O)N(C)CCC[C@@H]2CCCO2)o1. The quantitative estimate of drug-likeness (QED) is 0.800. The molecule has 0 spiro atoms. The summed E-state index contributed by atoms with van der Waals surface area (Å²) in [4.78, 5) is 25.0. The Morgan fingerprint density at radius 2 is 2.22 bits per heavy atom. The molecule has 1 fully saturated rings. The number of carbonyl (C=O) groups excluding carboxylic acids is 2. The average molecular weight is 323 g/mol. The van der Waals surface area contributed by atoms with Crippen LogP contribution >= 0.6 is 0 Å². The van der Waals surface area contributed by atoms with Crippen molar-refractivity contribution >= 4 is 11.9 Å². The Hall–Kier alpha value is -2.02. The van der Waals surface area contributed by atoms with E-state index in [-0.39, 0.29) is 24.2 Å². The van der Waals surface area contributed by atoms with E-state index in [0.29, 0.717) is 18.4 Å². The lowest BCUT2D eigenvalue weighted by Crippen LogP contribution is -2.37. The zero-order valence-electron chi connectivity index (χ0n) is 13.8. The van der Waals surface area contributed by atoms with E-state index in [9.17, 15) is 9.59 Å². The Morgan fingerprint density at radius 3 is 2.91 bits per heavy atom. The maximum atomic E-state index is 12.0. The molecule has 1 aliphatic rings. The van der Waals surface area contributed by atoms with Gasteiger partial charge in [0.15, 0.2) is 5.76 Å². The third-order valence-corrected chi connectivity index (χ3v) is 3.92. The van der Waals surface area contributed by atoms with E-state index in [1.165, 1.54) is 7.05 Å². The van der Waals surface area contributed by atoms with Gasteiger partial charge in [-0.2, -0.15) is 0 Å². The summed E-state index contributed by atoms with van der Waals surface area (Å²) in [6.45, 7) is 1.81. The minimum Gasteiger partial charge on any atom is -0.454 e. The lowest BCUT2D eigenvalue weighted by atomic mass is 10.1. The third kappa shape index (κ3) is 5.28. The van der Waals surface area contributed by atoms with Crippen molar-refractivity contribution in [3.63, 3.8) is 0 Å². The number of ether oxygens (including phenoxy) is 1. The summed E-state index contributed by atoms with van der Waals surface area (Å²) in [5.41, 5.74) is 0. The van der Waals surface area contributed by atoms with Crippen LogP contribution in [0.5, 0.6) is 0 Å². The monoisotopic (exact) mass is 323 g/mol. The topological polar surface area (TPSA) is 83.8 Å². The first-order valence-electron chi connectivity index (χ1n) is 8.01. The van der Waals surface area contributed by atoms with E-state index < -0.39 is 0 Å². The van der Waals surface area contributed by atoms with Crippen LogP contribution in [0.15, 0.2) is 16.5 Å². The molecule has 3 amide bonds. The van der Waals surface area contributed by atoms with Gasteiger partial charge in [-0.25, -0.2) is 4.79 Å². The average Bonchev–Trinajstić information content (AvgIpc) is 3.23. The zero-order valence-corrected chi connectivity index (χ0v) is 13.8. The lowest BCUT2D eigenvalue weighted by Gasteiger charge is -2.18. The first-order valence-corrected chi connectivity index (χ1v) is 8.01. The molecule has 128 valence electrons. The number of hydrogen-bond acceptors (Lipinski definition) is 4. The summed E-state index contributed by atoms with van der Waals surface area (Å²) in [6.07, 6.45) is 4.55. The minimum atomic E-state index is -0.283. The Balaban J connectivity index is 1.66. The number of furan rings is 1. The van der Waals surface area contributed by atoms with E-state index in [1.807, 2.05) is 0 Å². The van der Waals surface area contributed by atoms with E-state index in [2.05, 4.69) is 10.6 Å². The molecular formula is C16H25N3O4. The van der Waals surface area contributed by atoms with Crippen molar-refractivity contribution in [3.05, 3.63) is 23.7 Å². The molecule has 7 heteroatoms. The van der Waals surface area contributed by atoms with Crippen molar-refractivity contribution < 1.29 is 18.7 Å². The van der Waals surface area contributed by atoms with Crippen LogP contribution in [-0.2, 0) is 11.3 Å². The van der Waals surface area contributed by atoms with Crippen LogP contribution in [0.3, 0.4) is 0 Å². The first kappa shape index (κ1) is 17.3. The summed E-state index contributed by atoms with van der Waals surface area (Å²) in [5.74, 6) is 0.500. The highest BCUT2D eigenvalue weighted by Crippen LogP contribution is 2.16. The highest BCUT2D eigenvalue weighted by atomic mass is 16.5. The van der Waals surface area contributed by atoms with Gasteiger partial charge in [0.2, 0.25) is 0 Å². The van der Waals surface area contributed by atoms with Gasteiger partial charge in [-0.3, -0.25) is 4.79 Å². The molecule has 2 N–H and O–H groups in total. The summed E-state index contributed by atoms with van der Waals surface area (Å²) in [6, 6.07) is 3.11. The fourth-order valence-electron chi connectivity index (χ4n) is 2.55. The van der Waals surface area contributed by atoms with Crippen molar-refractivity contribution in [1.29, 1.82) is 0 Å². The van der Waals surface area contributed by atoms with Gasteiger partial charge >= 0.3 is 6.03 Å². The molecule has 2 rings (SSSR count). The first-order chi connectivity index (χ1) is 11.1. The van der Waals surface area contributed by atoms with Crippen LogP contribution in [0.25, 0.3) is 0 Å². The van der Waals surface area contributed by atoms with Gasteiger partial charge in [0, 0.05) is 27.2 Å². The second-order valence-corrected chi connectivity index (χ2v) is 5.70. The highest BCUT2D eigenvalue weighted by molar-refractivity contribution is 5.91. The van der Waals surface area contributed by atoms with Crippen LogP contribution < -0.4 is 10.6 Å². The van der Waals surface area contributed by atoms with Gasteiger partial charge in [0.25, 0.3) is 5.91 Å². The van der Waals surface area contributed by atoms with Crippen molar-refractivity contribution in [3.8, 4) is 0 Å². The zero-order chi connectivity index (χ0) is 16.7. The van der Waals surface area contributed by atoms with E-state index in [4.69, 9.17) is 9.15 Å². The molecular weight excluding hydrogens is 298 g/mol. The molecule has 0 aliphatic carbocycles. The second kappa shape index (κ2) is 8.57. The summed E-state index contributed by atoms with van der Waals surface area (Å²) < 4.78 is 10.9. The van der Waals surface area contributed by atoms with E-state index >= 15 is 0 Å². The van der Waals surface area contributed by atoms with Crippen LogP contribution in [0, 0.1) is 0 Å². The highest BCUT2D eigenvalue weighted by Gasteiger charge is 2.16. The number of nitrogens with one attached hydrogen (secondary N) is 2. The third-order valence-electron chi connectivity index (χ3n) is 3.92. The Morgan fingerprint density at radius 1 is 1.39 bits per heavy atom. The van der Waals surface area contributed by atoms with E-state index in [0.717, 1.165) is 32.3 Å². The van der Waals surface area contributed by atoms with Gasteiger partial charge in [-0.1, -0.05) is 0 Å². The maximum absolute atomic E-state index is 12.0. The van der Waals surface area contributed by atoms with Crippen LogP contribution in [0.1, 0.15) is 42.0 Å². The largest absolute Gasteiger partial charge is 0.454 e. The van der Waals surface area contributed by atoms with E-state index in [1.54, 1.807) is 24.1 Å². The summed E-state index contributed by atoms with van der Waals surface area (Å²) in [5, 5.41) is 5.26. The molecule has 7 nitrogen and oxygen atoms in total. The number of rotatable bonds is 7. The van der Waals surface area contributed by atoms with Gasteiger partial charge in [-0.05, 0) is 37.8 Å². The Bertz CT molecular complexity index is 523. The van der Waals surface area contributed by atoms with Crippen molar-refractivity contribution in [2.75, 3.05) is 27.2 Å². The molecule has 2 heterocycles. The predicted octanol–water partition coefficient (Wildman–Crippen LogP) is 1.74. The van der Waals surface area contributed by atoms with Crippen LogP contribution in [-0.4, -0.2) is 50.2 Å². The molecule has 0 saturated carbocycles. The van der Waals surface area contributed by atoms with Gasteiger partial charge in [0.1, 0.15) is 5.76 Å². The summed E-state index contributed by atoms with van der Waals surface area (Å²) >= 11 is 0. The summed E-state index contributed by atoms with van der Waals surface area (Å²) in [7, 11) is 3.31. The number of amides is 3. The maximum Gasteiger partial charge on any atom is 0.317 e. The molecule has 0 bridgehead atoms. The Kier molecular flexibility index (Phi) is 6.46. The Labute approximate surface area is 136 Å². The molecule has 23 heavy (non-hydrogen) atoms. The number of carbonyl (C=O) groups is 2. The molecule has 1 saturated heterocycles. The number of hydrogen-bond donors (Lipinski definition) is 2. The smallest absolute Gasteiger partial charge is 0.317 e. The number of urea groups is 1. The van der Waals surface area contributed by atoms with Crippen molar-refractivity contribution in [2.24, 2.45) is 0 Å². The molecule has 1 aliphatic heterocycles. The fraction of sp³-hybridized carbons (Fsp3) is 0.625. The standard InChI is InChI=1S/C16H25N3O4/c1-17-15(20)14-8-7-13(23-14)11-18-16(21)19(2)9-3-5-12-6-4-10-22-12/h7-8,12H,3-6,9-11H2,1-2H3,(H,17,20)(H,18,21)/t12-/m1/s1. The minimum absolute atomic E-state index is 0.157. The predicted molar refractivity (Wildman–Crippen MR) is 85.2 cm³/mol. The molecule has 1 atom stereocenters. The van der Waals surface area contributed by atoms with Crippen molar-refractivity contribution in [2.45, 2.75) is 38.3 Å². The van der Waals surface area contributed by atoms with Crippen LogP contribution in [0.2, 0.25) is 0 Å².